The van der Waals surface area contributed by atoms with Crippen LogP contribution in [-0.4, -0.2) is 14.9 Å². The molecule has 0 amide bonds. The van der Waals surface area contributed by atoms with E-state index in [1.165, 1.54) is 40.7 Å². The first-order chi connectivity index (χ1) is 12.0. The zero-order valence-corrected chi connectivity index (χ0v) is 15.2. The van der Waals surface area contributed by atoms with Crippen molar-refractivity contribution in [2.45, 2.75) is 17.5 Å². The molecule has 0 radical (unpaired) electrons. The molecule has 3 rings (SSSR count). The van der Waals surface area contributed by atoms with Crippen molar-refractivity contribution < 1.29 is 9.13 Å². The minimum atomic E-state index is -0.324. The van der Waals surface area contributed by atoms with Gasteiger partial charge in [0.2, 0.25) is 5.16 Å². The molecule has 0 atom stereocenters. The molecule has 130 valence electrons. The number of aromatic nitrogens is 3. The van der Waals surface area contributed by atoms with Gasteiger partial charge in [-0.3, -0.25) is 0 Å². The van der Waals surface area contributed by atoms with Crippen molar-refractivity contribution in [1.29, 1.82) is 0 Å². The minimum Gasteiger partial charge on any atom is -0.486 e. The molecular weight excluding hydrogens is 386 g/mol. The molecular formula is C16H13Cl2FN4OS. The summed E-state index contributed by atoms with van der Waals surface area (Å²) in [6.07, 6.45) is 0. The molecule has 0 aliphatic rings. The Morgan fingerprint density at radius 3 is 2.56 bits per heavy atom. The van der Waals surface area contributed by atoms with E-state index in [9.17, 15) is 4.39 Å². The largest absolute Gasteiger partial charge is 0.486 e. The van der Waals surface area contributed by atoms with E-state index in [-0.39, 0.29) is 12.4 Å². The fraction of sp³-hybridized carbons (Fsp3) is 0.125. The second kappa shape index (κ2) is 7.95. The van der Waals surface area contributed by atoms with Gasteiger partial charge in [0.25, 0.3) is 0 Å². The van der Waals surface area contributed by atoms with Crippen LogP contribution < -0.4 is 10.6 Å². The van der Waals surface area contributed by atoms with Crippen LogP contribution in [0.3, 0.4) is 0 Å². The normalized spacial score (nSPS) is 10.8. The van der Waals surface area contributed by atoms with E-state index >= 15 is 0 Å². The van der Waals surface area contributed by atoms with Gasteiger partial charge in [0, 0.05) is 5.75 Å². The van der Waals surface area contributed by atoms with Crippen molar-refractivity contribution in [2.24, 2.45) is 0 Å². The molecule has 0 saturated carbocycles. The van der Waals surface area contributed by atoms with Crippen LogP contribution >= 0.6 is 35.0 Å². The summed E-state index contributed by atoms with van der Waals surface area (Å²) < 4.78 is 19.8. The highest BCUT2D eigenvalue weighted by Gasteiger charge is 2.11. The molecule has 0 unspecified atom stereocenters. The van der Waals surface area contributed by atoms with Gasteiger partial charge < -0.3 is 10.6 Å². The van der Waals surface area contributed by atoms with Gasteiger partial charge in [0.15, 0.2) is 5.82 Å². The Hall–Kier alpha value is -1.96. The molecule has 0 saturated heterocycles. The van der Waals surface area contributed by atoms with Gasteiger partial charge in [-0.1, -0.05) is 41.0 Å². The SMILES string of the molecule is Nn1c(COc2ccc(F)cc2)nnc1SCc1ccc(Cl)c(Cl)c1. The zero-order chi connectivity index (χ0) is 17.8. The molecule has 0 bridgehead atoms. The van der Waals surface area contributed by atoms with Gasteiger partial charge in [-0.05, 0) is 42.0 Å². The highest BCUT2D eigenvalue weighted by atomic mass is 35.5. The number of benzene rings is 2. The van der Waals surface area contributed by atoms with Gasteiger partial charge >= 0.3 is 0 Å². The molecule has 2 aromatic carbocycles. The lowest BCUT2D eigenvalue weighted by Crippen LogP contribution is -2.15. The van der Waals surface area contributed by atoms with Crippen molar-refractivity contribution >= 4 is 35.0 Å². The third-order valence-corrected chi connectivity index (χ3v) is 5.02. The maximum Gasteiger partial charge on any atom is 0.210 e. The Morgan fingerprint density at radius 2 is 1.84 bits per heavy atom. The molecule has 2 N–H and O–H groups in total. The lowest BCUT2D eigenvalue weighted by atomic mass is 10.2. The second-order valence-electron chi connectivity index (χ2n) is 5.05. The maximum absolute atomic E-state index is 12.9. The van der Waals surface area contributed by atoms with Crippen LogP contribution in [0.4, 0.5) is 4.39 Å². The molecule has 1 heterocycles. The van der Waals surface area contributed by atoms with Gasteiger partial charge in [-0.25, -0.2) is 9.07 Å². The van der Waals surface area contributed by atoms with Crippen molar-refractivity contribution in [3.63, 3.8) is 0 Å². The average Bonchev–Trinajstić information content (AvgIpc) is 2.95. The molecule has 0 fully saturated rings. The van der Waals surface area contributed by atoms with Crippen molar-refractivity contribution in [3.8, 4) is 5.75 Å². The van der Waals surface area contributed by atoms with Crippen LogP contribution in [0.25, 0.3) is 0 Å². The van der Waals surface area contributed by atoms with Gasteiger partial charge in [-0.15, -0.1) is 10.2 Å². The summed E-state index contributed by atoms with van der Waals surface area (Å²) in [5, 5.41) is 9.62. The summed E-state index contributed by atoms with van der Waals surface area (Å²) >= 11 is 13.3. The third-order valence-electron chi connectivity index (χ3n) is 3.27. The highest BCUT2D eigenvalue weighted by Crippen LogP contribution is 2.26. The van der Waals surface area contributed by atoms with Crippen LogP contribution in [0.15, 0.2) is 47.6 Å². The fourth-order valence-electron chi connectivity index (χ4n) is 1.96. The standard InChI is InChI=1S/C16H13Cl2FN4OS/c17-13-6-1-10(7-14(13)18)9-25-16-22-21-15(23(16)20)8-24-12-4-2-11(19)3-5-12/h1-7H,8-9,20H2. The monoisotopic (exact) mass is 398 g/mol. The fourth-order valence-corrected chi connectivity index (χ4v) is 3.10. The number of ether oxygens (including phenoxy) is 1. The predicted molar refractivity (Wildman–Crippen MR) is 96.9 cm³/mol. The Balaban J connectivity index is 1.60. The van der Waals surface area contributed by atoms with Gasteiger partial charge in [0.05, 0.1) is 10.0 Å². The van der Waals surface area contributed by atoms with Crippen LogP contribution in [-0.2, 0) is 12.4 Å². The number of halogens is 3. The topological polar surface area (TPSA) is 66.0 Å². The quantitative estimate of drug-likeness (QED) is 0.494. The Labute approximate surface area is 157 Å². The van der Waals surface area contributed by atoms with Crippen LogP contribution in [0.1, 0.15) is 11.4 Å². The van der Waals surface area contributed by atoms with Crippen LogP contribution in [0.2, 0.25) is 10.0 Å². The second-order valence-corrected chi connectivity index (χ2v) is 6.81. The zero-order valence-electron chi connectivity index (χ0n) is 12.8. The van der Waals surface area contributed by atoms with E-state index in [1.54, 1.807) is 12.1 Å². The lowest BCUT2D eigenvalue weighted by molar-refractivity contribution is 0.291. The lowest BCUT2D eigenvalue weighted by Gasteiger charge is -2.06. The Kier molecular flexibility index (Phi) is 5.67. The maximum atomic E-state index is 12.9. The summed E-state index contributed by atoms with van der Waals surface area (Å²) in [5.41, 5.74) is 0.992. The first-order valence-electron chi connectivity index (χ1n) is 7.17. The minimum absolute atomic E-state index is 0.127. The summed E-state index contributed by atoms with van der Waals surface area (Å²) in [6.45, 7) is 0.127. The third kappa shape index (κ3) is 4.56. The Bertz CT molecular complexity index is 873. The molecule has 3 aromatic rings. The number of rotatable bonds is 6. The molecule has 0 spiro atoms. The van der Waals surface area contributed by atoms with Crippen molar-refractivity contribution in [3.05, 3.63) is 69.7 Å². The number of nitrogens with zero attached hydrogens (tertiary/aromatic N) is 3. The summed E-state index contributed by atoms with van der Waals surface area (Å²) in [7, 11) is 0. The van der Waals surface area contributed by atoms with Gasteiger partial charge in [-0.2, -0.15) is 0 Å². The van der Waals surface area contributed by atoms with Crippen molar-refractivity contribution in [2.75, 3.05) is 5.84 Å². The van der Waals surface area contributed by atoms with Gasteiger partial charge in [0.1, 0.15) is 18.2 Å². The molecule has 9 heteroatoms. The Morgan fingerprint density at radius 1 is 1.08 bits per heavy atom. The van der Waals surface area contributed by atoms with E-state index in [0.29, 0.717) is 32.5 Å². The van der Waals surface area contributed by atoms with Crippen LogP contribution in [0, 0.1) is 5.82 Å². The molecule has 25 heavy (non-hydrogen) atoms. The number of thioether (sulfide) groups is 1. The molecule has 1 aromatic heterocycles. The number of nitrogens with two attached hydrogens (primary N) is 1. The average molecular weight is 399 g/mol. The first-order valence-corrected chi connectivity index (χ1v) is 8.91. The molecule has 0 aliphatic carbocycles. The number of hydrogen-bond acceptors (Lipinski definition) is 5. The van der Waals surface area contributed by atoms with E-state index in [4.69, 9.17) is 33.8 Å². The number of hydrogen-bond donors (Lipinski definition) is 1. The van der Waals surface area contributed by atoms with E-state index in [0.717, 1.165) is 5.56 Å². The van der Waals surface area contributed by atoms with E-state index in [2.05, 4.69) is 10.2 Å². The number of nitrogen functional groups attached to an aromatic ring is 1. The smallest absolute Gasteiger partial charge is 0.210 e. The van der Waals surface area contributed by atoms with Crippen molar-refractivity contribution in [1.82, 2.24) is 14.9 Å². The predicted octanol–water partition coefficient (Wildman–Crippen LogP) is 4.31. The summed E-state index contributed by atoms with van der Waals surface area (Å²) in [6, 6.07) is 11.1. The van der Waals surface area contributed by atoms with Crippen LogP contribution in [0.5, 0.6) is 5.75 Å². The first kappa shape index (κ1) is 17.8. The summed E-state index contributed by atoms with van der Waals surface area (Å²) in [4.78, 5) is 0. The molecule has 5 nitrogen and oxygen atoms in total. The summed E-state index contributed by atoms with van der Waals surface area (Å²) in [5.74, 6) is 7.27. The highest BCUT2D eigenvalue weighted by molar-refractivity contribution is 7.98. The van der Waals surface area contributed by atoms with E-state index < -0.39 is 0 Å². The molecule has 0 aliphatic heterocycles. The van der Waals surface area contributed by atoms with E-state index in [1.807, 2.05) is 6.07 Å².